The lowest BCUT2D eigenvalue weighted by atomic mass is 10.1. The highest BCUT2D eigenvalue weighted by molar-refractivity contribution is 6.42. The van der Waals surface area contributed by atoms with E-state index in [0.717, 1.165) is 22.4 Å². The van der Waals surface area contributed by atoms with Crippen LogP contribution in [0.1, 0.15) is 11.4 Å². The highest BCUT2D eigenvalue weighted by Crippen LogP contribution is 2.27. The van der Waals surface area contributed by atoms with Crippen LogP contribution in [0.4, 0.5) is 0 Å². The highest BCUT2D eigenvalue weighted by Gasteiger charge is 2.07. The molecule has 3 rings (SSSR count). The van der Waals surface area contributed by atoms with Crippen LogP contribution in [0.5, 0.6) is 5.75 Å². The molecule has 1 aromatic heterocycles. The zero-order valence-electron chi connectivity index (χ0n) is 9.82. The number of hydrogen-bond donors (Lipinski definition) is 2. The van der Waals surface area contributed by atoms with Crippen molar-refractivity contribution < 1.29 is 5.11 Å². The molecule has 0 saturated heterocycles. The first-order valence-corrected chi connectivity index (χ1v) is 6.49. The summed E-state index contributed by atoms with van der Waals surface area (Å²) in [7, 11) is 0. The number of halogens is 2. The molecule has 0 radical (unpaired) electrons. The van der Waals surface area contributed by atoms with Crippen LogP contribution in [0, 0.1) is 0 Å². The fraction of sp³-hybridized carbons (Fsp3) is 0.0714. The summed E-state index contributed by atoms with van der Waals surface area (Å²) in [4.78, 5) is 7.66. The summed E-state index contributed by atoms with van der Waals surface area (Å²) < 4.78 is 0. The third kappa shape index (κ3) is 2.53. The van der Waals surface area contributed by atoms with Gasteiger partial charge in [-0.25, -0.2) is 4.98 Å². The Morgan fingerprint density at radius 3 is 2.68 bits per heavy atom. The average molecular weight is 293 g/mol. The van der Waals surface area contributed by atoms with Crippen molar-refractivity contribution in [3.8, 4) is 5.75 Å². The van der Waals surface area contributed by atoms with Gasteiger partial charge in [-0.3, -0.25) is 0 Å². The lowest BCUT2D eigenvalue weighted by Crippen LogP contribution is -1.89. The molecule has 2 aromatic carbocycles. The molecule has 0 bridgehead atoms. The molecule has 0 amide bonds. The average Bonchev–Trinajstić information content (AvgIpc) is 2.71. The number of rotatable bonds is 2. The second-order valence-electron chi connectivity index (χ2n) is 4.31. The summed E-state index contributed by atoms with van der Waals surface area (Å²) in [6.45, 7) is 0. The molecule has 96 valence electrons. The molecule has 0 unspecified atom stereocenters. The van der Waals surface area contributed by atoms with E-state index in [1.165, 1.54) is 0 Å². The van der Waals surface area contributed by atoms with E-state index >= 15 is 0 Å². The van der Waals surface area contributed by atoms with Gasteiger partial charge in [-0.15, -0.1) is 0 Å². The number of aromatic amines is 1. The molecule has 0 atom stereocenters. The highest BCUT2D eigenvalue weighted by atomic mass is 35.5. The van der Waals surface area contributed by atoms with Gasteiger partial charge in [-0.2, -0.15) is 0 Å². The number of hydrogen-bond acceptors (Lipinski definition) is 2. The summed E-state index contributed by atoms with van der Waals surface area (Å²) in [6, 6.07) is 10.6. The van der Waals surface area contributed by atoms with Crippen LogP contribution in [0.2, 0.25) is 10.0 Å². The number of H-pyrrole nitrogens is 1. The Kier molecular flexibility index (Phi) is 3.09. The Labute approximate surface area is 119 Å². The van der Waals surface area contributed by atoms with E-state index < -0.39 is 0 Å². The molecule has 5 heteroatoms. The third-order valence-electron chi connectivity index (χ3n) is 2.86. The minimum absolute atomic E-state index is 0.250. The molecule has 0 fully saturated rings. The number of benzene rings is 2. The lowest BCUT2D eigenvalue weighted by molar-refractivity contribution is 0.474. The van der Waals surface area contributed by atoms with Crippen molar-refractivity contribution in [2.75, 3.05) is 0 Å². The molecule has 0 saturated carbocycles. The summed E-state index contributed by atoms with van der Waals surface area (Å²) in [5.41, 5.74) is 2.62. The lowest BCUT2D eigenvalue weighted by Gasteiger charge is -1.98. The largest absolute Gasteiger partial charge is 0.508 e. The number of imidazole rings is 1. The van der Waals surface area contributed by atoms with Gasteiger partial charge in [0.25, 0.3) is 0 Å². The van der Waals surface area contributed by atoms with Crippen LogP contribution < -0.4 is 0 Å². The van der Waals surface area contributed by atoms with Crippen molar-refractivity contribution in [3.63, 3.8) is 0 Å². The predicted molar refractivity (Wildman–Crippen MR) is 77.0 cm³/mol. The minimum Gasteiger partial charge on any atom is -0.508 e. The van der Waals surface area contributed by atoms with E-state index in [9.17, 15) is 5.11 Å². The van der Waals surface area contributed by atoms with Gasteiger partial charge >= 0.3 is 0 Å². The second kappa shape index (κ2) is 4.76. The zero-order chi connectivity index (χ0) is 13.4. The molecule has 1 heterocycles. The van der Waals surface area contributed by atoms with Gasteiger partial charge in [-0.05, 0) is 29.8 Å². The van der Waals surface area contributed by atoms with Gasteiger partial charge < -0.3 is 10.1 Å². The summed E-state index contributed by atoms with van der Waals surface area (Å²) >= 11 is 11.9. The number of fused-ring (bicyclic) bond motifs is 1. The van der Waals surface area contributed by atoms with Gasteiger partial charge in [-0.1, -0.05) is 35.3 Å². The summed E-state index contributed by atoms with van der Waals surface area (Å²) in [5, 5.41) is 10.4. The molecular formula is C14H10Cl2N2O. The first-order valence-electron chi connectivity index (χ1n) is 5.73. The molecule has 2 N–H and O–H groups in total. The van der Waals surface area contributed by atoms with Crippen molar-refractivity contribution in [2.45, 2.75) is 6.42 Å². The molecule has 0 aliphatic carbocycles. The van der Waals surface area contributed by atoms with Crippen LogP contribution in [-0.2, 0) is 6.42 Å². The van der Waals surface area contributed by atoms with E-state index in [4.69, 9.17) is 23.2 Å². The fourth-order valence-corrected chi connectivity index (χ4v) is 2.32. The van der Waals surface area contributed by atoms with Gasteiger partial charge in [0, 0.05) is 6.42 Å². The van der Waals surface area contributed by atoms with Crippen molar-refractivity contribution in [3.05, 3.63) is 57.8 Å². The van der Waals surface area contributed by atoms with Gasteiger partial charge in [0.05, 0.1) is 21.1 Å². The number of phenols is 1. The number of phenolic OH excluding ortho intramolecular Hbond substituents is 1. The van der Waals surface area contributed by atoms with Crippen LogP contribution >= 0.6 is 23.2 Å². The summed E-state index contributed by atoms with van der Waals surface area (Å²) in [5.74, 6) is 1.05. The van der Waals surface area contributed by atoms with Crippen LogP contribution in [0.15, 0.2) is 36.4 Å². The maximum absolute atomic E-state index is 9.44. The molecular weight excluding hydrogens is 283 g/mol. The molecule has 0 spiro atoms. The van der Waals surface area contributed by atoms with Gasteiger partial charge in [0.1, 0.15) is 11.6 Å². The number of nitrogens with zero attached hydrogens (tertiary/aromatic N) is 1. The van der Waals surface area contributed by atoms with E-state index in [1.54, 1.807) is 30.3 Å². The van der Waals surface area contributed by atoms with Crippen LogP contribution in [-0.4, -0.2) is 15.1 Å². The maximum atomic E-state index is 9.44. The van der Waals surface area contributed by atoms with Gasteiger partial charge in [0.15, 0.2) is 0 Å². The first kappa shape index (κ1) is 12.3. The standard InChI is InChI=1S/C14H10Cl2N2O/c15-10-6-12-13(7-11(10)16)18-14(17-12)5-8-2-1-3-9(19)4-8/h1-4,6-7,19H,5H2,(H,17,18). The molecule has 0 aliphatic rings. The Morgan fingerprint density at radius 1 is 1.11 bits per heavy atom. The number of nitrogens with one attached hydrogen (secondary N) is 1. The van der Waals surface area contributed by atoms with Crippen molar-refractivity contribution in [1.82, 2.24) is 9.97 Å². The number of aromatic hydroxyl groups is 1. The quantitative estimate of drug-likeness (QED) is 0.745. The zero-order valence-corrected chi connectivity index (χ0v) is 11.3. The molecule has 3 nitrogen and oxygen atoms in total. The molecule has 3 aromatic rings. The molecule has 19 heavy (non-hydrogen) atoms. The van der Waals surface area contributed by atoms with Gasteiger partial charge in [0.2, 0.25) is 0 Å². The van der Waals surface area contributed by atoms with E-state index in [-0.39, 0.29) is 5.75 Å². The van der Waals surface area contributed by atoms with Crippen LogP contribution in [0.25, 0.3) is 11.0 Å². The topological polar surface area (TPSA) is 48.9 Å². The Hall–Kier alpha value is -1.71. The second-order valence-corrected chi connectivity index (χ2v) is 5.13. The Bertz CT molecular complexity index is 713. The predicted octanol–water partition coefficient (Wildman–Crippen LogP) is 4.17. The van der Waals surface area contributed by atoms with E-state index in [1.807, 2.05) is 6.07 Å². The number of aromatic nitrogens is 2. The minimum atomic E-state index is 0.250. The Morgan fingerprint density at radius 2 is 1.89 bits per heavy atom. The van der Waals surface area contributed by atoms with Crippen molar-refractivity contribution in [2.24, 2.45) is 0 Å². The smallest absolute Gasteiger partial charge is 0.115 e. The van der Waals surface area contributed by atoms with E-state index in [0.29, 0.717) is 16.5 Å². The summed E-state index contributed by atoms with van der Waals surface area (Å²) in [6.07, 6.45) is 0.609. The normalized spacial score (nSPS) is 11.1. The van der Waals surface area contributed by atoms with E-state index in [2.05, 4.69) is 9.97 Å². The monoisotopic (exact) mass is 292 g/mol. The first-order chi connectivity index (χ1) is 9.11. The fourth-order valence-electron chi connectivity index (χ4n) is 2.00. The van der Waals surface area contributed by atoms with Crippen molar-refractivity contribution >= 4 is 34.2 Å². The van der Waals surface area contributed by atoms with Crippen LogP contribution in [0.3, 0.4) is 0 Å². The van der Waals surface area contributed by atoms with Crippen molar-refractivity contribution in [1.29, 1.82) is 0 Å². The molecule has 0 aliphatic heterocycles. The SMILES string of the molecule is Oc1cccc(Cc2nc3cc(Cl)c(Cl)cc3[nH]2)c1. The third-order valence-corrected chi connectivity index (χ3v) is 3.58. The maximum Gasteiger partial charge on any atom is 0.115 e. The Balaban J connectivity index is 1.97.